The summed E-state index contributed by atoms with van der Waals surface area (Å²) < 4.78 is 11.3. The number of esters is 1. The van der Waals surface area contributed by atoms with Gasteiger partial charge < -0.3 is 15.2 Å². The molecule has 0 spiro atoms. The molecule has 2 N–H and O–H groups in total. The zero-order valence-electron chi connectivity index (χ0n) is 14.5. The molecule has 2 rings (SSSR count). The van der Waals surface area contributed by atoms with E-state index < -0.39 is 16.9 Å². The number of nitrogens with zero attached hydrogens (tertiary/aromatic N) is 2. The molecule has 1 aliphatic heterocycles. The van der Waals surface area contributed by atoms with Gasteiger partial charge in [-0.1, -0.05) is 6.08 Å². The average molecular weight is 339 g/mol. The number of aromatic nitrogens is 1. The van der Waals surface area contributed by atoms with Crippen LogP contribution < -0.4 is 5.73 Å². The second kappa shape index (κ2) is 5.89. The molecule has 0 saturated carbocycles. The zero-order valence-corrected chi connectivity index (χ0v) is 15.4. The molecule has 6 nitrogen and oxygen atoms in total. The minimum atomic E-state index is -1.12. The summed E-state index contributed by atoms with van der Waals surface area (Å²) in [7, 11) is 1.86. The van der Waals surface area contributed by atoms with E-state index in [0.29, 0.717) is 11.7 Å². The second-order valence-electron chi connectivity index (χ2n) is 7.13. The fraction of sp³-hybridized carbons (Fsp3) is 0.625. The molecule has 2 unspecified atom stereocenters. The first-order chi connectivity index (χ1) is 10.5. The number of hydrogen-bond acceptors (Lipinski definition) is 7. The van der Waals surface area contributed by atoms with Crippen LogP contribution >= 0.6 is 11.3 Å². The number of nitrogens with two attached hydrogens (primary N) is 1. The summed E-state index contributed by atoms with van der Waals surface area (Å²) in [5.74, 6) is -0.387. The molecule has 0 bridgehead atoms. The highest BCUT2D eigenvalue weighted by Gasteiger charge is 2.54. The molecular weight excluding hydrogens is 314 g/mol. The minimum absolute atomic E-state index is 0.384. The summed E-state index contributed by atoms with van der Waals surface area (Å²) in [6.07, 6.45) is 3.88. The molecule has 2 heterocycles. The van der Waals surface area contributed by atoms with Crippen LogP contribution in [0.3, 0.4) is 0 Å². The van der Waals surface area contributed by atoms with Gasteiger partial charge in [-0.05, 0) is 47.7 Å². The highest BCUT2D eigenvalue weighted by molar-refractivity contribution is 7.13. The van der Waals surface area contributed by atoms with E-state index in [1.54, 1.807) is 6.92 Å². The first-order valence-corrected chi connectivity index (χ1v) is 8.36. The van der Waals surface area contributed by atoms with Crippen molar-refractivity contribution in [3.05, 3.63) is 17.2 Å². The van der Waals surface area contributed by atoms with Crippen LogP contribution in [-0.2, 0) is 14.3 Å². The van der Waals surface area contributed by atoms with Crippen molar-refractivity contribution in [3.63, 3.8) is 0 Å². The Morgan fingerprint density at radius 3 is 2.70 bits per heavy atom. The van der Waals surface area contributed by atoms with Crippen LogP contribution in [0, 0.1) is 0 Å². The van der Waals surface area contributed by atoms with Gasteiger partial charge in [0.05, 0.1) is 17.8 Å². The van der Waals surface area contributed by atoms with Crippen LogP contribution in [0.15, 0.2) is 11.5 Å². The number of carbonyl (C=O) groups excluding carboxylic acids is 1. The lowest BCUT2D eigenvalue weighted by Gasteiger charge is -2.36. The molecule has 1 saturated heterocycles. The molecule has 128 valence electrons. The molecule has 2 atom stereocenters. The smallest absolute Gasteiger partial charge is 0.354 e. The molecule has 0 amide bonds. The van der Waals surface area contributed by atoms with Crippen LogP contribution in [0.25, 0.3) is 6.08 Å². The third kappa shape index (κ3) is 3.73. The fourth-order valence-corrected chi connectivity index (χ4v) is 2.87. The highest BCUT2D eigenvalue weighted by Crippen LogP contribution is 2.36. The summed E-state index contributed by atoms with van der Waals surface area (Å²) in [4.78, 5) is 18.6. The molecular formula is C16H25N3O3S. The third-order valence-electron chi connectivity index (χ3n) is 3.98. The van der Waals surface area contributed by atoms with E-state index in [1.165, 1.54) is 11.3 Å². The van der Waals surface area contributed by atoms with Crippen molar-refractivity contribution in [1.29, 1.82) is 0 Å². The number of nitrogen functional groups attached to an aromatic ring is 1. The predicted molar refractivity (Wildman–Crippen MR) is 91.9 cm³/mol. The maximum absolute atomic E-state index is 12.5. The normalized spacial score (nSPS) is 29.3. The number of rotatable bonds is 3. The van der Waals surface area contributed by atoms with Gasteiger partial charge in [0, 0.05) is 5.38 Å². The number of likely N-dealkylation sites (N-methyl/N-ethyl adjacent to an activating group) is 1. The van der Waals surface area contributed by atoms with Crippen molar-refractivity contribution < 1.29 is 14.3 Å². The van der Waals surface area contributed by atoms with Crippen LogP contribution in [0.2, 0.25) is 0 Å². The van der Waals surface area contributed by atoms with Gasteiger partial charge in [0.15, 0.2) is 5.13 Å². The van der Waals surface area contributed by atoms with E-state index in [2.05, 4.69) is 4.98 Å². The monoisotopic (exact) mass is 339 g/mol. The van der Waals surface area contributed by atoms with Crippen LogP contribution in [0.5, 0.6) is 0 Å². The van der Waals surface area contributed by atoms with Crippen molar-refractivity contribution in [3.8, 4) is 0 Å². The molecule has 0 radical (unpaired) electrons. The highest BCUT2D eigenvalue weighted by atomic mass is 32.1. The molecule has 1 aromatic heterocycles. The Labute approximate surface area is 141 Å². The Kier molecular flexibility index (Phi) is 4.58. The Balaban J connectivity index is 2.17. The third-order valence-corrected chi connectivity index (χ3v) is 4.67. The fourth-order valence-electron chi connectivity index (χ4n) is 2.34. The second-order valence-corrected chi connectivity index (χ2v) is 8.02. The van der Waals surface area contributed by atoms with E-state index in [9.17, 15) is 4.79 Å². The van der Waals surface area contributed by atoms with Gasteiger partial charge in [0.2, 0.25) is 5.72 Å². The SMILES string of the molecule is CN1C(C)(C=Cc2csc(N)n2)COC1(C)C(=O)OC(C)(C)C. The summed E-state index contributed by atoms with van der Waals surface area (Å²) in [5, 5.41) is 2.42. The van der Waals surface area contributed by atoms with Crippen molar-refractivity contribution in [2.45, 2.75) is 51.5 Å². The standard InChI is InChI=1S/C16H25N3O3S/c1-14(2,3)22-12(20)16(5)19(6)15(4,10-21-16)8-7-11-9-23-13(17)18-11/h7-9H,10H2,1-6H3,(H2,17,18). The maximum Gasteiger partial charge on any atom is 0.354 e. The molecule has 0 aliphatic carbocycles. The van der Waals surface area contributed by atoms with Gasteiger partial charge in [-0.25, -0.2) is 9.78 Å². The van der Waals surface area contributed by atoms with Crippen molar-refractivity contribution >= 4 is 28.5 Å². The van der Waals surface area contributed by atoms with E-state index in [4.69, 9.17) is 15.2 Å². The number of ether oxygens (including phenoxy) is 2. The summed E-state index contributed by atoms with van der Waals surface area (Å²) in [5.41, 5.74) is 4.32. The van der Waals surface area contributed by atoms with E-state index in [-0.39, 0.29) is 5.97 Å². The van der Waals surface area contributed by atoms with E-state index in [0.717, 1.165) is 5.69 Å². The first kappa shape index (κ1) is 17.9. The lowest BCUT2D eigenvalue weighted by molar-refractivity contribution is -0.189. The lowest BCUT2D eigenvalue weighted by Crippen LogP contribution is -2.55. The summed E-state index contributed by atoms with van der Waals surface area (Å²) in [6.45, 7) is 9.66. The molecule has 1 aromatic rings. The Morgan fingerprint density at radius 2 is 2.17 bits per heavy atom. The van der Waals surface area contributed by atoms with Gasteiger partial charge in [-0.3, -0.25) is 4.90 Å². The maximum atomic E-state index is 12.5. The van der Waals surface area contributed by atoms with Gasteiger partial charge in [-0.2, -0.15) is 0 Å². The Bertz CT molecular complexity index is 622. The van der Waals surface area contributed by atoms with Crippen LogP contribution in [0.1, 0.15) is 40.3 Å². The quantitative estimate of drug-likeness (QED) is 0.853. The van der Waals surface area contributed by atoms with E-state index in [1.807, 2.05) is 57.2 Å². The van der Waals surface area contributed by atoms with Gasteiger partial charge in [-0.15, -0.1) is 11.3 Å². The van der Waals surface area contributed by atoms with Gasteiger partial charge in [0.1, 0.15) is 5.60 Å². The first-order valence-electron chi connectivity index (χ1n) is 7.48. The van der Waals surface area contributed by atoms with Gasteiger partial charge >= 0.3 is 5.97 Å². The molecule has 1 fully saturated rings. The van der Waals surface area contributed by atoms with Gasteiger partial charge in [0.25, 0.3) is 0 Å². The lowest BCUT2D eigenvalue weighted by atomic mass is 10.00. The molecule has 0 aromatic carbocycles. The van der Waals surface area contributed by atoms with E-state index >= 15 is 0 Å². The Hall–Kier alpha value is -1.44. The molecule has 1 aliphatic rings. The van der Waals surface area contributed by atoms with Crippen molar-refractivity contribution in [2.24, 2.45) is 0 Å². The average Bonchev–Trinajstić information content (AvgIpc) is 2.94. The van der Waals surface area contributed by atoms with Crippen LogP contribution in [0.4, 0.5) is 5.13 Å². The topological polar surface area (TPSA) is 77.7 Å². The largest absolute Gasteiger partial charge is 0.457 e. The number of anilines is 1. The van der Waals surface area contributed by atoms with Crippen molar-refractivity contribution in [1.82, 2.24) is 9.88 Å². The van der Waals surface area contributed by atoms with Crippen molar-refractivity contribution in [2.75, 3.05) is 19.4 Å². The number of carbonyl (C=O) groups is 1. The number of hydrogen-bond donors (Lipinski definition) is 1. The minimum Gasteiger partial charge on any atom is -0.457 e. The van der Waals surface area contributed by atoms with Crippen LogP contribution in [-0.4, -0.2) is 46.4 Å². The summed E-state index contributed by atoms with van der Waals surface area (Å²) in [6, 6.07) is 0. The zero-order chi connectivity index (χ0) is 17.5. The number of thiazole rings is 1. The Morgan fingerprint density at radius 1 is 1.52 bits per heavy atom. The summed E-state index contributed by atoms with van der Waals surface area (Å²) >= 11 is 1.39. The predicted octanol–water partition coefficient (Wildman–Crippen LogP) is 2.52. The molecule has 7 heteroatoms. The molecule has 23 heavy (non-hydrogen) atoms.